The second kappa shape index (κ2) is 9.95. The van der Waals surface area contributed by atoms with Crippen molar-refractivity contribution in [1.29, 1.82) is 0 Å². The Kier molecular flexibility index (Phi) is 6.52. The molecule has 6 heterocycles. The van der Waals surface area contributed by atoms with E-state index in [1.54, 1.807) is 30.4 Å². The van der Waals surface area contributed by atoms with E-state index in [0.29, 0.717) is 18.1 Å². The predicted molar refractivity (Wildman–Crippen MR) is 158 cm³/mol. The third-order valence-electron chi connectivity index (χ3n) is 7.79. The van der Waals surface area contributed by atoms with E-state index in [9.17, 15) is 8.42 Å². The molecule has 0 N–H and O–H groups in total. The van der Waals surface area contributed by atoms with Gasteiger partial charge in [0.05, 0.1) is 47.2 Å². The molecule has 1 fully saturated rings. The van der Waals surface area contributed by atoms with E-state index in [-0.39, 0.29) is 17.7 Å². The standard InChI is InChI=1S/C29H32N8O3S/c1-17-22-13-31-37(27(22)11-26(32-17)23-12-30-8-7-28(23)40-5)29-10-21(36-14-20(19(36)3)16-41(6,38)39)9-25(33-29)24-15-35(4)34-18(24)2/h7-13,15,19-20H,14,16H2,1-6H3/t19-,20-/m1/s1. The molecule has 5 aromatic heterocycles. The molecule has 0 spiro atoms. The number of rotatable bonds is 7. The van der Waals surface area contributed by atoms with Crippen molar-refractivity contribution in [3.05, 3.63) is 60.4 Å². The molecular formula is C29H32N8O3S. The highest BCUT2D eigenvalue weighted by Crippen LogP contribution is 2.37. The van der Waals surface area contributed by atoms with Gasteiger partial charge in [-0.25, -0.2) is 18.1 Å². The van der Waals surface area contributed by atoms with Gasteiger partial charge in [0.15, 0.2) is 5.82 Å². The average molecular weight is 573 g/mol. The Labute approximate surface area is 238 Å². The molecule has 1 aliphatic heterocycles. The average Bonchev–Trinajstić information content (AvgIpc) is 3.52. The van der Waals surface area contributed by atoms with Crippen LogP contribution < -0.4 is 9.64 Å². The van der Waals surface area contributed by atoms with Crippen LogP contribution in [0.5, 0.6) is 5.75 Å². The summed E-state index contributed by atoms with van der Waals surface area (Å²) in [4.78, 5) is 16.4. The van der Waals surface area contributed by atoms with E-state index in [4.69, 9.17) is 19.8 Å². The Morgan fingerprint density at radius 1 is 1.05 bits per heavy atom. The van der Waals surface area contributed by atoms with Gasteiger partial charge in [-0.1, -0.05) is 0 Å². The molecule has 0 aromatic carbocycles. The Morgan fingerprint density at radius 3 is 2.51 bits per heavy atom. The van der Waals surface area contributed by atoms with E-state index < -0.39 is 9.84 Å². The molecule has 5 aromatic rings. The van der Waals surface area contributed by atoms with Gasteiger partial charge in [-0.2, -0.15) is 10.2 Å². The minimum Gasteiger partial charge on any atom is -0.496 e. The summed E-state index contributed by atoms with van der Waals surface area (Å²) in [6.45, 7) is 6.64. The smallest absolute Gasteiger partial charge is 0.156 e. The normalized spacial score (nSPS) is 17.2. The van der Waals surface area contributed by atoms with Gasteiger partial charge >= 0.3 is 0 Å². The lowest BCUT2D eigenvalue weighted by Gasteiger charge is -2.48. The lowest BCUT2D eigenvalue weighted by atomic mass is 9.91. The third-order valence-corrected chi connectivity index (χ3v) is 8.82. The highest BCUT2D eigenvalue weighted by atomic mass is 32.2. The summed E-state index contributed by atoms with van der Waals surface area (Å²) in [7, 11) is 0.452. The van der Waals surface area contributed by atoms with Crippen molar-refractivity contribution < 1.29 is 13.2 Å². The fraction of sp³-hybridized carbons (Fsp3) is 0.345. The molecule has 0 aliphatic carbocycles. The first-order chi connectivity index (χ1) is 19.5. The first kappa shape index (κ1) is 26.9. The fourth-order valence-corrected chi connectivity index (χ4v) is 6.79. The molecule has 41 heavy (non-hydrogen) atoms. The third kappa shape index (κ3) is 4.92. The van der Waals surface area contributed by atoms with Crippen LogP contribution in [0.25, 0.3) is 39.2 Å². The number of ether oxygens (including phenoxy) is 1. The van der Waals surface area contributed by atoms with E-state index in [0.717, 1.165) is 50.5 Å². The number of fused-ring (bicyclic) bond motifs is 1. The maximum absolute atomic E-state index is 12.0. The van der Waals surface area contributed by atoms with Gasteiger partial charge in [-0.05, 0) is 39.0 Å². The largest absolute Gasteiger partial charge is 0.496 e. The van der Waals surface area contributed by atoms with E-state index >= 15 is 0 Å². The van der Waals surface area contributed by atoms with E-state index in [1.165, 1.54) is 6.26 Å². The van der Waals surface area contributed by atoms with Crippen molar-refractivity contribution in [2.45, 2.75) is 26.8 Å². The monoisotopic (exact) mass is 572 g/mol. The number of aryl methyl sites for hydroxylation is 3. The van der Waals surface area contributed by atoms with Crippen LogP contribution in [0.3, 0.4) is 0 Å². The molecule has 1 aliphatic rings. The van der Waals surface area contributed by atoms with E-state index in [1.807, 2.05) is 56.0 Å². The SMILES string of the molecule is COc1ccncc1-c1cc2c(cnn2-c2cc(N3C[C@H](CS(C)(=O)=O)[C@H]3C)cc(-c3cn(C)nc3C)n2)c(C)n1. The molecule has 0 radical (unpaired) electrons. The van der Waals surface area contributed by atoms with Crippen LogP contribution in [0.4, 0.5) is 5.69 Å². The molecule has 6 rings (SSSR count). The number of methoxy groups -OCH3 is 1. The van der Waals surface area contributed by atoms with Crippen LogP contribution in [-0.4, -0.2) is 74.6 Å². The highest BCUT2D eigenvalue weighted by molar-refractivity contribution is 7.90. The molecular weight excluding hydrogens is 540 g/mol. The van der Waals surface area contributed by atoms with Crippen LogP contribution >= 0.6 is 0 Å². The number of aromatic nitrogens is 7. The van der Waals surface area contributed by atoms with Gasteiger partial charge in [0.1, 0.15) is 15.6 Å². The maximum atomic E-state index is 12.0. The first-order valence-electron chi connectivity index (χ1n) is 13.3. The van der Waals surface area contributed by atoms with Crippen LogP contribution in [0.15, 0.2) is 49.1 Å². The van der Waals surface area contributed by atoms with Crippen molar-refractivity contribution >= 4 is 26.4 Å². The number of hydrogen-bond acceptors (Lipinski definition) is 9. The van der Waals surface area contributed by atoms with Crippen molar-refractivity contribution in [2.75, 3.05) is 30.6 Å². The minimum absolute atomic E-state index is 0.0632. The van der Waals surface area contributed by atoms with Crippen LogP contribution in [0, 0.1) is 19.8 Å². The predicted octanol–water partition coefficient (Wildman–Crippen LogP) is 3.77. The summed E-state index contributed by atoms with van der Waals surface area (Å²) in [6, 6.07) is 7.91. The van der Waals surface area contributed by atoms with Gasteiger partial charge in [-0.3, -0.25) is 14.6 Å². The van der Waals surface area contributed by atoms with Gasteiger partial charge in [0, 0.05) is 78.8 Å². The van der Waals surface area contributed by atoms with Gasteiger partial charge in [-0.15, -0.1) is 0 Å². The van der Waals surface area contributed by atoms with Crippen molar-refractivity contribution in [3.8, 4) is 34.1 Å². The Morgan fingerprint density at radius 2 is 1.83 bits per heavy atom. The quantitative estimate of drug-likeness (QED) is 0.287. The molecule has 0 unspecified atom stereocenters. The van der Waals surface area contributed by atoms with Gasteiger partial charge in [0.25, 0.3) is 0 Å². The Bertz CT molecular complexity index is 1900. The van der Waals surface area contributed by atoms with Crippen LogP contribution in [0.2, 0.25) is 0 Å². The van der Waals surface area contributed by atoms with Crippen LogP contribution in [0.1, 0.15) is 18.3 Å². The van der Waals surface area contributed by atoms with Crippen molar-refractivity contribution in [2.24, 2.45) is 13.0 Å². The highest BCUT2D eigenvalue weighted by Gasteiger charge is 2.38. The second-order valence-corrected chi connectivity index (χ2v) is 13.0. The van der Waals surface area contributed by atoms with Gasteiger partial charge < -0.3 is 9.64 Å². The Hall–Kier alpha value is -4.32. The minimum atomic E-state index is -3.06. The molecule has 2 atom stereocenters. The topological polar surface area (TPSA) is 121 Å². The molecule has 0 amide bonds. The van der Waals surface area contributed by atoms with Crippen molar-refractivity contribution in [1.82, 2.24) is 34.5 Å². The summed E-state index contributed by atoms with van der Waals surface area (Å²) in [5.74, 6) is 1.57. The lowest BCUT2D eigenvalue weighted by molar-refractivity contribution is 0.341. The molecule has 0 bridgehead atoms. The lowest BCUT2D eigenvalue weighted by Crippen LogP contribution is -2.57. The molecule has 212 valence electrons. The van der Waals surface area contributed by atoms with Crippen molar-refractivity contribution in [3.63, 3.8) is 0 Å². The van der Waals surface area contributed by atoms with Crippen LogP contribution in [-0.2, 0) is 16.9 Å². The number of pyridine rings is 3. The number of hydrogen-bond donors (Lipinski definition) is 0. The van der Waals surface area contributed by atoms with E-state index in [2.05, 4.69) is 21.9 Å². The molecule has 1 saturated heterocycles. The zero-order valence-electron chi connectivity index (χ0n) is 23.9. The maximum Gasteiger partial charge on any atom is 0.156 e. The summed E-state index contributed by atoms with van der Waals surface area (Å²) in [5, 5.41) is 10.2. The second-order valence-electron chi connectivity index (χ2n) is 10.8. The van der Waals surface area contributed by atoms with Gasteiger partial charge in [0.2, 0.25) is 0 Å². The summed E-state index contributed by atoms with van der Waals surface area (Å²) in [5.41, 5.74) is 6.70. The molecule has 12 heteroatoms. The fourth-order valence-electron chi connectivity index (χ4n) is 5.63. The zero-order valence-corrected chi connectivity index (χ0v) is 24.7. The molecule has 11 nitrogen and oxygen atoms in total. The summed E-state index contributed by atoms with van der Waals surface area (Å²) < 4.78 is 33.1. The molecule has 0 saturated carbocycles. The summed E-state index contributed by atoms with van der Waals surface area (Å²) >= 11 is 0. The number of anilines is 1. The number of nitrogens with zero attached hydrogens (tertiary/aromatic N) is 8. The zero-order chi connectivity index (χ0) is 29.1. The Balaban J connectivity index is 1.50. The summed E-state index contributed by atoms with van der Waals surface area (Å²) in [6.07, 6.45) is 8.49. The first-order valence-corrected chi connectivity index (χ1v) is 15.4. The number of sulfone groups is 1.